The van der Waals surface area contributed by atoms with Gasteiger partial charge in [0.2, 0.25) is 5.75 Å². The van der Waals surface area contributed by atoms with Crippen molar-refractivity contribution in [2.24, 2.45) is 0 Å². The van der Waals surface area contributed by atoms with Gasteiger partial charge in [-0.15, -0.1) is 0 Å². The van der Waals surface area contributed by atoms with E-state index in [1.807, 2.05) is 0 Å². The van der Waals surface area contributed by atoms with Crippen LogP contribution in [0.1, 0.15) is 56.9 Å². The van der Waals surface area contributed by atoms with E-state index in [1.54, 1.807) is 11.8 Å². The number of nitrogens with zero attached hydrogens (tertiary/aromatic N) is 2. The fourth-order valence-corrected chi connectivity index (χ4v) is 4.94. The van der Waals surface area contributed by atoms with Gasteiger partial charge in [-0.2, -0.15) is 0 Å². The third-order valence-electron chi connectivity index (χ3n) is 6.48. The number of ketones is 1. The molecule has 1 aromatic rings. The molecule has 0 aromatic heterocycles. The summed E-state index contributed by atoms with van der Waals surface area (Å²) in [6.45, 7) is 3.08. The summed E-state index contributed by atoms with van der Waals surface area (Å²) in [6, 6.07) is 2.73. The molecule has 1 unspecified atom stereocenters. The first-order chi connectivity index (χ1) is 15.3. The van der Waals surface area contributed by atoms with Crippen LogP contribution in [-0.2, 0) is 9.59 Å². The largest absolute Gasteiger partial charge is 0.500 e. The Morgan fingerprint density at radius 1 is 1.22 bits per heavy atom. The van der Waals surface area contributed by atoms with Crippen LogP contribution in [0.25, 0.3) is 0 Å². The van der Waals surface area contributed by atoms with E-state index in [2.05, 4.69) is 5.32 Å². The maximum absolute atomic E-state index is 13.6. The van der Waals surface area contributed by atoms with E-state index in [4.69, 9.17) is 4.74 Å². The molecule has 1 saturated heterocycles. The van der Waals surface area contributed by atoms with Crippen LogP contribution in [0.5, 0.6) is 11.5 Å². The van der Waals surface area contributed by atoms with E-state index in [1.165, 1.54) is 19.2 Å². The number of phenolic OH excluding ortho intramolecular Hbond substituents is 1. The number of ether oxygens (including phenoxy) is 1. The number of carbonyl (C=O) groups excluding carboxylic acids is 2. The van der Waals surface area contributed by atoms with Gasteiger partial charge in [-0.3, -0.25) is 19.7 Å². The van der Waals surface area contributed by atoms with Crippen molar-refractivity contribution in [3.63, 3.8) is 0 Å². The summed E-state index contributed by atoms with van der Waals surface area (Å²) in [5, 5.41) is 25.1. The Hall–Kier alpha value is -3.36. The van der Waals surface area contributed by atoms with Crippen molar-refractivity contribution in [1.29, 1.82) is 0 Å². The van der Waals surface area contributed by atoms with Crippen LogP contribution in [-0.4, -0.2) is 46.8 Å². The minimum atomic E-state index is -0.762. The first kappa shape index (κ1) is 21.9. The fraction of sp³-hybridized carbons (Fsp3) is 0.478. The zero-order valence-electron chi connectivity index (χ0n) is 18.3. The van der Waals surface area contributed by atoms with Gasteiger partial charge in [0.15, 0.2) is 11.5 Å². The highest BCUT2D eigenvalue weighted by Gasteiger charge is 2.41. The Labute approximate surface area is 185 Å². The average Bonchev–Trinajstić information content (AvgIpc) is 2.78. The molecule has 9 nitrogen and oxygen atoms in total. The lowest BCUT2D eigenvalue weighted by Crippen LogP contribution is -2.42. The molecule has 2 N–H and O–H groups in total. The summed E-state index contributed by atoms with van der Waals surface area (Å²) in [4.78, 5) is 39.4. The number of allylic oxidation sites excluding steroid dienone is 3. The van der Waals surface area contributed by atoms with Gasteiger partial charge in [0.1, 0.15) is 0 Å². The summed E-state index contributed by atoms with van der Waals surface area (Å²) < 4.78 is 5.19. The highest BCUT2D eigenvalue weighted by atomic mass is 16.6. The number of dihydropyridines is 1. The van der Waals surface area contributed by atoms with E-state index in [0.29, 0.717) is 54.8 Å². The second-order valence-electron chi connectivity index (χ2n) is 8.47. The molecule has 1 fully saturated rings. The molecule has 4 rings (SSSR count). The highest BCUT2D eigenvalue weighted by Crippen LogP contribution is 2.47. The second kappa shape index (κ2) is 8.64. The minimum absolute atomic E-state index is 0.0689. The molecule has 32 heavy (non-hydrogen) atoms. The quantitative estimate of drug-likeness (QED) is 0.543. The summed E-state index contributed by atoms with van der Waals surface area (Å²) >= 11 is 0. The number of aromatic hydroxyl groups is 1. The molecule has 0 bridgehead atoms. The van der Waals surface area contributed by atoms with E-state index >= 15 is 0 Å². The average molecular weight is 441 g/mol. The van der Waals surface area contributed by atoms with Gasteiger partial charge in [-0.05, 0) is 50.7 Å². The SMILES string of the molecule is COc1cc(C2C(C(=O)N3CCCCC3)=C(C)NC3=C2C(=O)CCC3)cc([N+](=O)[O-])c1O. The molecular formula is C23H27N3O6. The number of carbonyl (C=O) groups is 2. The van der Waals surface area contributed by atoms with Crippen molar-refractivity contribution in [3.05, 3.63) is 50.4 Å². The number of amides is 1. The highest BCUT2D eigenvalue weighted by molar-refractivity contribution is 6.05. The van der Waals surface area contributed by atoms with E-state index < -0.39 is 22.3 Å². The number of nitrogens with one attached hydrogen (secondary N) is 1. The Balaban J connectivity index is 1.91. The number of nitro benzene ring substituents is 1. The lowest BCUT2D eigenvalue weighted by molar-refractivity contribution is -0.386. The zero-order valence-corrected chi connectivity index (χ0v) is 18.3. The molecule has 3 aliphatic rings. The second-order valence-corrected chi connectivity index (χ2v) is 8.47. The van der Waals surface area contributed by atoms with Crippen LogP contribution in [0.4, 0.5) is 5.69 Å². The van der Waals surface area contributed by atoms with Crippen molar-refractivity contribution in [3.8, 4) is 11.5 Å². The van der Waals surface area contributed by atoms with Gasteiger partial charge >= 0.3 is 5.69 Å². The topological polar surface area (TPSA) is 122 Å². The van der Waals surface area contributed by atoms with Gasteiger partial charge in [-0.1, -0.05) is 0 Å². The summed E-state index contributed by atoms with van der Waals surface area (Å²) in [7, 11) is 1.31. The molecule has 170 valence electrons. The van der Waals surface area contributed by atoms with Gasteiger partial charge in [0.05, 0.1) is 12.0 Å². The molecule has 0 spiro atoms. The van der Waals surface area contributed by atoms with Crippen LogP contribution in [0.15, 0.2) is 34.7 Å². The number of likely N-dealkylation sites (tertiary alicyclic amines) is 1. The fourth-order valence-electron chi connectivity index (χ4n) is 4.94. The smallest absolute Gasteiger partial charge is 0.314 e. The third-order valence-corrected chi connectivity index (χ3v) is 6.48. The van der Waals surface area contributed by atoms with E-state index in [9.17, 15) is 24.8 Å². The molecular weight excluding hydrogens is 414 g/mol. The number of methoxy groups -OCH3 is 1. The van der Waals surface area contributed by atoms with Gasteiger partial charge in [0, 0.05) is 54.0 Å². The van der Waals surface area contributed by atoms with Crippen molar-refractivity contribution < 1.29 is 24.4 Å². The molecule has 2 aliphatic heterocycles. The standard InChI is InChI=1S/C23H27N3O6/c1-13-19(23(29)25-9-4-3-5-10-25)20(21-15(24-13)7-6-8-17(21)27)14-11-16(26(30)31)22(28)18(12-14)32-2/h11-12,20,24,28H,3-10H2,1-2H3. The van der Waals surface area contributed by atoms with Crippen LogP contribution in [0, 0.1) is 10.1 Å². The minimum Gasteiger partial charge on any atom is -0.500 e. The molecule has 2 heterocycles. The number of nitro groups is 1. The van der Waals surface area contributed by atoms with Crippen molar-refractivity contribution in [1.82, 2.24) is 10.2 Å². The normalized spacial score (nSPS) is 21.2. The Bertz CT molecular complexity index is 1050. The van der Waals surface area contributed by atoms with Gasteiger partial charge < -0.3 is 20.1 Å². The molecule has 9 heteroatoms. The number of rotatable bonds is 4. The van der Waals surface area contributed by atoms with Crippen molar-refractivity contribution in [2.45, 2.75) is 51.4 Å². The van der Waals surface area contributed by atoms with Crippen molar-refractivity contribution in [2.75, 3.05) is 20.2 Å². The van der Waals surface area contributed by atoms with E-state index in [0.717, 1.165) is 25.0 Å². The summed E-state index contributed by atoms with van der Waals surface area (Å²) in [5.74, 6) is -1.65. The Morgan fingerprint density at radius 2 is 1.94 bits per heavy atom. The van der Waals surface area contributed by atoms with Crippen LogP contribution >= 0.6 is 0 Å². The maximum Gasteiger partial charge on any atom is 0.314 e. The predicted octanol–water partition coefficient (Wildman–Crippen LogP) is 3.29. The lowest BCUT2D eigenvalue weighted by Gasteiger charge is -2.37. The van der Waals surface area contributed by atoms with Gasteiger partial charge in [-0.25, -0.2) is 0 Å². The summed E-state index contributed by atoms with van der Waals surface area (Å²) in [5.41, 5.74) is 2.16. The van der Waals surface area contributed by atoms with Gasteiger partial charge in [0.25, 0.3) is 5.91 Å². The van der Waals surface area contributed by atoms with Crippen LogP contribution in [0.2, 0.25) is 0 Å². The Morgan fingerprint density at radius 3 is 2.59 bits per heavy atom. The number of hydrogen-bond donors (Lipinski definition) is 2. The van der Waals surface area contributed by atoms with Crippen LogP contribution in [0.3, 0.4) is 0 Å². The number of benzene rings is 1. The molecule has 0 saturated carbocycles. The molecule has 1 amide bonds. The first-order valence-electron chi connectivity index (χ1n) is 10.9. The maximum atomic E-state index is 13.6. The zero-order chi connectivity index (χ0) is 23.0. The number of piperidine rings is 1. The van der Waals surface area contributed by atoms with Crippen molar-refractivity contribution >= 4 is 17.4 Å². The Kier molecular flexibility index (Phi) is 5.90. The third kappa shape index (κ3) is 3.72. The first-order valence-corrected chi connectivity index (χ1v) is 10.9. The number of hydrogen-bond acceptors (Lipinski definition) is 7. The monoisotopic (exact) mass is 441 g/mol. The molecule has 1 aliphatic carbocycles. The lowest BCUT2D eigenvalue weighted by atomic mass is 9.74. The number of Topliss-reactive ketones (excluding diaryl/α,β-unsaturated/α-hetero) is 1. The predicted molar refractivity (Wildman–Crippen MR) is 116 cm³/mol. The molecule has 0 radical (unpaired) electrons. The molecule has 1 aromatic carbocycles. The molecule has 1 atom stereocenters. The van der Waals surface area contributed by atoms with E-state index in [-0.39, 0.29) is 17.4 Å². The van der Waals surface area contributed by atoms with Crippen LogP contribution < -0.4 is 10.1 Å². The number of phenols is 1. The summed E-state index contributed by atoms with van der Waals surface area (Å²) in [6.07, 6.45) is 4.64.